The fourth-order valence-electron chi connectivity index (χ4n) is 2.21. The Morgan fingerprint density at radius 3 is 2.89 bits per heavy atom. The third-order valence-electron chi connectivity index (χ3n) is 3.42. The maximum absolute atomic E-state index is 12.0. The van der Waals surface area contributed by atoms with E-state index >= 15 is 0 Å². The van der Waals surface area contributed by atoms with Gasteiger partial charge in [0.15, 0.2) is 0 Å². The quantitative estimate of drug-likeness (QED) is 0.785. The molecule has 4 heteroatoms. The van der Waals surface area contributed by atoms with Crippen LogP contribution in [0, 0.1) is 0 Å². The largest absolute Gasteiger partial charge is 0.395 e. The highest BCUT2D eigenvalue weighted by Gasteiger charge is 2.29. The first kappa shape index (κ1) is 14.0. The van der Waals surface area contributed by atoms with E-state index in [0.717, 1.165) is 24.9 Å². The average Bonchev–Trinajstić information content (AvgIpc) is 3.22. The molecule has 1 aliphatic carbocycles. The second-order valence-electron chi connectivity index (χ2n) is 5.03. The third kappa shape index (κ3) is 4.33. The summed E-state index contributed by atoms with van der Waals surface area (Å²) < 4.78 is 0. The number of nitrogens with zero attached hydrogens (tertiary/aromatic N) is 1. The summed E-state index contributed by atoms with van der Waals surface area (Å²) in [6.07, 6.45) is 3.24. The van der Waals surface area contributed by atoms with E-state index in [4.69, 9.17) is 5.11 Å². The molecule has 1 aromatic rings. The van der Waals surface area contributed by atoms with E-state index < -0.39 is 0 Å². The molecule has 0 atom stereocenters. The highest BCUT2D eigenvalue weighted by atomic mass is 16.3. The van der Waals surface area contributed by atoms with Crippen molar-refractivity contribution >= 4 is 11.6 Å². The molecule has 19 heavy (non-hydrogen) atoms. The van der Waals surface area contributed by atoms with Crippen LogP contribution in [-0.2, 0) is 11.2 Å². The van der Waals surface area contributed by atoms with Crippen molar-refractivity contribution in [2.75, 3.05) is 25.0 Å². The average molecular weight is 262 g/mol. The fraction of sp³-hybridized carbons (Fsp3) is 0.533. The minimum Gasteiger partial charge on any atom is -0.395 e. The first-order valence-electron chi connectivity index (χ1n) is 6.96. The topological polar surface area (TPSA) is 52.6 Å². The van der Waals surface area contributed by atoms with Gasteiger partial charge in [-0.25, -0.2) is 0 Å². The first-order valence-corrected chi connectivity index (χ1v) is 6.96. The third-order valence-corrected chi connectivity index (χ3v) is 3.42. The molecule has 0 unspecified atom stereocenters. The van der Waals surface area contributed by atoms with Gasteiger partial charge in [0, 0.05) is 18.3 Å². The van der Waals surface area contributed by atoms with Crippen molar-refractivity contribution in [3.8, 4) is 0 Å². The van der Waals surface area contributed by atoms with E-state index in [9.17, 15) is 4.79 Å². The van der Waals surface area contributed by atoms with Crippen molar-refractivity contribution in [3.05, 3.63) is 29.8 Å². The zero-order valence-electron chi connectivity index (χ0n) is 11.4. The van der Waals surface area contributed by atoms with Gasteiger partial charge in [0.1, 0.15) is 0 Å². The van der Waals surface area contributed by atoms with Crippen molar-refractivity contribution < 1.29 is 9.90 Å². The number of carbonyl (C=O) groups excluding carboxylic acids is 1. The van der Waals surface area contributed by atoms with E-state index in [0.29, 0.717) is 19.1 Å². The molecule has 0 spiro atoms. The second-order valence-corrected chi connectivity index (χ2v) is 5.03. The van der Waals surface area contributed by atoms with Crippen LogP contribution in [0.1, 0.15) is 25.3 Å². The summed E-state index contributed by atoms with van der Waals surface area (Å²) in [5.41, 5.74) is 2.07. The van der Waals surface area contributed by atoms with E-state index in [1.807, 2.05) is 18.2 Å². The molecule has 0 aromatic heterocycles. The number of hydrogen-bond donors (Lipinski definition) is 2. The lowest BCUT2D eigenvalue weighted by atomic mass is 10.1. The summed E-state index contributed by atoms with van der Waals surface area (Å²) in [6, 6.07) is 8.41. The number of amides is 1. The molecule has 0 heterocycles. The Balaban J connectivity index is 1.88. The van der Waals surface area contributed by atoms with Crippen LogP contribution in [0.2, 0.25) is 0 Å². The van der Waals surface area contributed by atoms with Gasteiger partial charge in [-0.15, -0.1) is 0 Å². The predicted molar refractivity (Wildman–Crippen MR) is 76.1 cm³/mol. The minimum absolute atomic E-state index is 0.00592. The van der Waals surface area contributed by atoms with Crippen LogP contribution in [0.15, 0.2) is 24.3 Å². The van der Waals surface area contributed by atoms with Gasteiger partial charge in [-0.2, -0.15) is 0 Å². The van der Waals surface area contributed by atoms with Crippen molar-refractivity contribution in [3.63, 3.8) is 0 Å². The van der Waals surface area contributed by atoms with Crippen LogP contribution in [0.5, 0.6) is 0 Å². The lowest BCUT2D eigenvalue weighted by molar-refractivity contribution is -0.117. The molecule has 2 rings (SSSR count). The zero-order valence-corrected chi connectivity index (χ0v) is 11.4. The van der Waals surface area contributed by atoms with Gasteiger partial charge in [-0.05, 0) is 37.0 Å². The van der Waals surface area contributed by atoms with Crippen LogP contribution in [0.25, 0.3) is 0 Å². The Labute approximate surface area is 114 Å². The Kier molecular flexibility index (Phi) is 4.93. The van der Waals surface area contributed by atoms with E-state index in [-0.39, 0.29) is 12.5 Å². The van der Waals surface area contributed by atoms with Crippen molar-refractivity contribution in [1.29, 1.82) is 0 Å². The minimum atomic E-state index is -0.00592. The predicted octanol–water partition coefficient (Wildman–Crippen LogP) is 1.64. The molecule has 2 N–H and O–H groups in total. The maximum Gasteiger partial charge on any atom is 0.238 e. The molecule has 1 amide bonds. The summed E-state index contributed by atoms with van der Waals surface area (Å²) in [6.45, 7) is 3.14. The monoisotopic (exact) mass is 262 g/mol. The number of carbonyl (C=O) groups is 1. The SMILES string of the molecule is CCc1cccc(NC(=O)CN(CCO)C2CC2)c1. The van der Waals surface area contributed by atoms with Gasteiger partial charge < -0.3 is 10.4 Å². The molecule has 0 bridgehead atoms. The number of aliphatic hydroxyl groups is 1. The number of nitrogens with one attached hydrogen (secondary N) is 1. The lowest BCUT2D eigenvalue weighted by Gasteiger charge is -2.20. The first-order chi connectivity index (χ1) is 9.22. The Morgan fingerprint density at radius 2 is 2.26 bits per heavy atom. The standard InChI is InChI=1S/C15H22N2O2/c1-2-12-4-3-5-13(10-12)16-15(19)11-17(8-9-18)14-6-7-14/h3-5,10,14,18H,2,6-9,11H2,1H3,(H,16,19). The number of benzene rings is 1. The second kappa shape index (κ2) is 6.68. The normalized spacial score (nSPS) is 14.7. The van der Waals surface area contributed by atoms with Crippen LogP contribution in [0.3, 0.4) is 0 Å². The Hall–Kier alpha value is -1.39. The van der Waals surface area contributed by atoms with Crippen LogP contribution in [0.4, 0.5) is 5.69 Å². The highest BCUT2D eigenvalue weighted by Crippen LogP contribution is 2.26. The van der Waals surface area contributed by atoms with E-state index in [2.05, 4.69) is 23.2 Å². The number of hydrogen-bond acceptors (Lipinski definition) is 3. The van der Waals surface area contributed by atoms with Crippen molar-refractivity contribution in [2.24, 2.45) is 0 Å². The highest BCUT2D eigenvalue weighted by molar-refractivity contribution is 5.92. The molecule has 0 radical (unpaired) electrons. The fourth-order valence-corrected chi connectivity index (χ4v) is 2.21. The number of anilines is 1. The zero-order chi connectivity index (χ0) is 13.7. The molecule has 1 aromatic carbocycles. The van der Waals surface area contributed by atoms with Crippen LogP contribution in [-0.4, -0.2) is 41.7 Å². The summed E-state index contributed by atoms with van der Waals surface area (Å²) in [5.74, 6) is -0.00592. The molecule has 104 valence electrons. The summed E-state index contributed by atoms with van der Waals surface area (Å²) in [7, 11) is 0. The van der Waals surface area contributed by atoms with E-state index in [1.165, 1.54) is 5.56 Å². The molecule has 0 aliphatic heterocycles. The number of aryl methyl sites for hydroxylation is 1. The number of aliphatic hydroxyl groups excluding tert-OH is 1. The van der Waals surface area contributed by atoms with Gasteiger partial charge in [-0.3, -0.25) is 9.69 Å². The Morgan fingerprint density at radius 1 is 1.47 bits per heavy atom. The Bertz CT molecular complexity index is 430. The molecular weight excluding hydrogens is 240 g/mol. The van der Waals surface area contributed by atoms with Crippen molar-refractivity contribution in [2.45, 2.75) is 32.2 Å². The van der Waals surface area contributed by atoms with Gasteiger partial charge in [0.05, 0.1) is 13.2 Å². The molecular formula is C15H22N2O2. The summed E-state index contributed by atoms with van der Waals surface area (Å²) >= 11 is 0. The smallest absolute Gasteiger partial charge is 0.238 e. The van der Waals surface area contributed by atoms with Crippen LogP contribution < -0.4 is 5.32 Å². The van der Waals surface area contributed by atoms with Gasteiger partial charge in [0.25, 0.3) is 0 Å². The molecule has 4 nitrogen and oxygen atoms in total. The maximum atomic E-state index is 12.0. The van der Waals surface area contributed by atoms with Crippen LogP contribution >= 0.6 is 0 Å². The molecule has 1 saturated carbocycles. The van der Waals surface area contributed by atoms with E-state index in [1.54, 1.807) is 0 Å². The molecule has 0 saturated heterocycles. The molecule has 1 fully saturated rings. The van der Waals surface area contributed by atoms with Gasteiger partial charge in [0.2, 0.25) is 5.91 Å². The summed E-state index contributed by atoms with van der Waals surface area (Å²) in [4.78, 5) is 14.0. The lowest BCUT2D eigenvalue weighted by Crippen LogP contribution is -2.36. The van der Waals surface area contributed by atoms with Gasteiger partial charge in [-0.1, -0.05) is 19.1 Å². The van der Waals surface area contributed by atoms with Crippen molar-refractivity contribution in [1.82, 2.24) is 4.90 Å². The number of rotatable bonds is 7. The summed E-state index contributed by atoms with van der Waals surface area (Å²) in [5, 5.41) is 11.9. The molecule has 1 aliphatic rings. The van der Waals surface area contributed by atoms with Gasteiger partial charge >= 0.3 is 0 Å².